The molecule has 0 aliphatic carbocycles. The fourth-order valence-corrected chi connectivity index (χ4v) is 2.05. The van der Waals surface area contributed by atoms with Crippen molar-refractivity contribution in [3.05, 3.63) is 28.9 Å². The summed E-state index contributed by atoms with van der Waals surface area (Å²) in [4.78, 5) is 12.0. The standard InChI is InChI=1S/C9H8BrN5S/c10-5-1-2-7(13-4-5)16-8-3-6(11)14-9(12)15-8/h1-4H,(H4,11,12,14,15). The molecule has 0 amide bonds. The van der Waals surface area contributed by atoms with Crippen LogP contribution in [0.3, 0.4) is 0 Å². The van der Waals surface area contributed by atoms with Gasteiger partial charge in [0.05, 0.1) is 0 Å². The van der Waals surface area contributed by atoms with Gasteiger partial charge in [0, 0.05) is 16.7 Å². The lowest BCUT2D eigenvalue weighted by atomic mass is 10.5. The molecule has 2 heterocycles. The number of anilines is 2. The molecule has 0 spiro atoms. The molecule has 82 valence electrons. The van der Waals surface area contributed by atoms with Gasteiger partial charge in [0.25, 0.3) is 0 Å². The summed E-state index contributed by atoms with van der Waals surface area (Å²) < 4.78 is 0.929. The predicted molar refractivity (Wildman–Crippen MR) is 66.9 cm³/mol. The highest BCUT2D eigenvalue weighted by Gasteiger charge is 2.03. The van der Waals surface area contributed by atoms with Crippen LogP contribution in [-0.2, 0) is 0 Å². The number of halogens is 1. The van der Waals surface area contributed by atoms with E-state index in [1.54, 1.807) is 12.3 Å². The van der Waals surface area contributed by atoms with Gasteiger partial charge in [-0.15, -0.1) is 0 Å². The zero-order chi connectivity index (χ0) is 11.5. The molecule has 0 aromatic carbocycles. The molecule has 7 heteroatoms. The van der Waals surface area contributed by atoms with Crippen LogP contribution in [0.4, 0.5) is 11.8 Å². The molecule has 0 aliphatic heterocycles. The Kier molecular flexibility index (Phi) is 3.25. The van der Waals surface area contributed by atoms with Gasteiger partial charge in [0.15, 0.2) is 0 Å². The first-order valence-electron chi connectivity index (χ1n) is 4.33. The second-order valence-electron chi connectivity index (χ2n) is 2.91. The lowest BCUT2D eigenvalue weighted by Crippen LogP contribution is -1.99. The third-order valence-electron chi connectivity index (χ3n) is 1.65. The van der Waals surface area contributed by atoms with Crippen LogP contribution in [0.15, 0.2) is 38.9 Å². The first-order valence-corrected chi connectivity index (χ1v) is 5.94. The average molecular weight is 298 g/mol. The zero-order valence-electron chi connectivity index (χ0n) is 8.09. The van der Waals surface area contributed by atoms with E-state index in [0.29, 0.717) is 10.8 Å². The Bertz CT molecular complexity index is 482. The van der Waals surface area contributed by atoms with E-state index in [-0.39, 0.29) is 5.95 Å². The van der Waals surface area contributed by atoms with Gasteiger partial charge in [-0.3, -0.25) is 0 Å². The first-order chi connectivity index (χ1) is 7.63. The van der Waals surface area contributed by atoms with Crippen LogP contribution in [0.5, 0.6) is 0 Å². The third-order valence-corrected chi connectivity index (χ3v) is 2.99. The van der Waals surface area contributed by atoms with E-state index in [0.717, 1.165) is 9.50 Å². The smallest absolute Gasteiger partial charge is 0.223 e. The number of nitrogens with two attached hydrogens (primary N) is 2. The molecule has 0 atom stereocenters. The van der Waals surface area contributed by atoms with Crippen LogP contribution in [0.2, 0.25) is 0 Å². The number of rotatable bonds is 2. The van der Waals surface area contributed by atoms with Crippen molar-refractivity contribution < 1.29 is 0 Å². The summed E-state index contributed by atoms with van der Waals surface area (Å²) in [5.41, 5.74) is 11.1. The average Bonchev–Trinajstić information content (AvgIpc) is 2.20. The van der Waals surface area contributed by atoms with Crippen LogP contribution in [0, 0.1) is 0 Å². The summed E-state index contributed by atoms with van der Waals surface area (Å²) in [5, 5.41) is 1.50. The molecule has 5 nitrogen and oxygen atoms in total. The maximum atomic E-state index is 5.56. The van der Waals surface area contributed by atoms with Gasteiger partial charge in [0.1, 0.15) is 15.9 Å². The van der Waals surface area contributed by atoms with E-state index in [1.165, 1.54) is 11.8 Å². The van der Waals surface area contributed by atoms with Crippen LogP contribution in [0.1, 0.15) is 0 Å². The molecule has 2 aromatic rings. The van der Waals surface area contributed by atoms with Crippen molar-refractivity contribution in [2.75, 3.05) is 11.5 Å². The Morgan fingerprint density at radius 3 is 2.56 bits per heavy atom. The summed E-state index contributed by atoms with van der Waals surface area (Å²) in [6.07, 6.45) is 1.72. The zero-order valence-corrected chi connectivity index (χ0v) is 10.5. The minimum absolute atomic E-state index is 0.166. The van der Waals surface area contributed by atoms with Gasteiger partial charge in [0.2, 0.25) is 5.95 Å². The molecule has 0 fully saturated rings. The summed E-state index contributed by atoms with van der Waals surface area (Å²) in [5.74, 6) is 0.520. The largest absolute Gasteiger partial charge is 0.383 e. The van der Waals surface area contributed by atoms with Gasteiger partial charge in [-0.1, -0.05) is 0 Å². The van der Waals surface area contributed by atoms with Crippen molar-refractivity contribution in [2.45, 2.75) is 10.1 Å². The molecule has 2 aromatic heterocycles. The van der Waals surface area contributed by atoms with Crippen LogP contribution < -0.4 is 11.5 Å². The first kappa shape index (κ1) is 11.2. The number of pyridine rings is 1. The number of nitrogens with zero attached hydrogens (tertiary/aromatic N) is 3. The van der Waals surface area contributed by atoms with E-state index in [1.807, 2.05) is 12.1 Å². The Morgan fingerprint density at radius 2 is 1.94 bits per heavy atom. The van der Waals surface area contributed by atoms with Crippen molar-refractivity contribution in [1.29, 1.82) is 0 Å². The third kappa shape index (κ3) is 2.83. The van der Waals surface area contributed by atoms with Crippen molar-refractivity contribution in [1.82, 2.24) is 15.0 Å². The highest BCUT2D eigenvalue weighted by molar-refractivity contribution is 9.10. The molecule has 0 unspecified atom stereocenters. The van der Waals surface area contributed by atoms with E-state index in [2.05, 4.69) is 30.9 Å². The molecule has 2 rings (SSSR count). The number of aromatic nitrogens is 3. The minimum atomic E-state index is 0.166. The highest BCUT2D eigenvalue weighted by atomic mass is 79.9. The molecular formula is C9H8BrN5S. The van der Waals surface area contributed by atoms with Crippen molar-refractivity contribution in [3.63, 3.8) is 0 Å². The quantitative estimate of drug-likeness (QED) is 0.823. The molecule has 0 saturated heterocycles. The Morgan fingerprint density at radius 1 is 1.12 bits per heavy atom. The highest BCUT2D eigenvalue weighted by Crippen LogP contribution is 2.26. The van der Waals surface area contributed by atoms with Gasteiger partial charge in [-0.2, -0.15) is 4.98 Å². The molecule has 16 heavy (non-hydrogen) atoms. The Labute approximate surface area is 105 Å². The van der Waals surface area contributed by atoms with E-state index < -0.39 is 0 Å². The van der Waals surface area contributed by atoms with Crippen molar-refractivity contribution in [2.24, 2.45) is 0 Å². The van der Waals surface area contributed by atoms with Crippen LogP contribution in [-0.4, -0.2) is 15.0 Å². The number of hydrogen-bond acceptors (Lipinski definition) is 6. The van der Waals surface area contributed by atoms with Gasteiger partial charge in [-0.05, 0) is 39.8 Å². The second kappa shape index (κ2) is 4.67. The van der Waals surface area contributed by atoms with Gasteiger partial charge >= 0.3 is 0 Å². The van der Waals surface area contributed by atoms with Crippen molar-refractivity contribution in [3.8, 4) is 0 Å². The summed E-state index contributed by atoms with van der Waals surface area (Å²) >= 11 is 4.70. The maximum Gasteiger partial charge on any atom is 0.223 e. The lowest BCUT2D eigenvalue weighted by molar-refractivity contribution is 1.06. The van der Waals surface area contributed by atoms with E-state index in [4.69, 9.17) is 11.5 Å². The fourth-order valence-electron chi connectivity index (χ4n) is 1.04. The van der Waals surface area contributed by atoms with E-state index >= 15 is 0 Å². The fraction of sp³-hybridized carbons (Fsp3) is 0. The maximum absolute atomic E-state index is 5.56. The summed E-state index contributed by atoms with van der Waals surface area (Å²) in [7, 11) is 0. The Hall–Kier alpha value is -1.34. The lowest BCUT2D eigenvalue weighted by Gasteiger charge is -2.02. The molecular weight excluding hydrogens is 290 g/mol. The number of nitrogen functional groups attached to an aromatic ring is 2. The van der Waals surface area contributed by atoms with Gasteiger partial charge in [-0.25, -0.2) is 9.97 Å². The Balaban J connectivity index is 2.23. The van der Waals surface area contributed by atoms with Crippen LogP contribution >= 0.6 is 27.7 Å². The minimum Gasteiger partial charge on any atom is -0.383 e. The molecule has 0 bridgehead atoms. The molecule has 0 saturated carbocycles. The van der Waals surface area contributed by atoms with Crippen LogP contribution in [0.25, 0.3) is 0 Å². The topological polar surface area (TPSA) is 90.7 Å². The molecule has 0 radical (unpaired) electrons. The molecule has 4 N–H and O–H groups in total. The monoisotopic (exact) mass is 297 g/mol. The predicted octanol–water partition coefficient (Wildman–Crippen LogP) is 1.95. The number of hydrogen-bond donors (Lipinski definition) is 2. The summed E-state index contributed by atoms with van der Waals surface area (Å²) in [6.45, 7) is 0. The molecule has 0 aliphatic rings. The van der Waals surface area contributed by atoms with Gasteiger partial charge < -0.3 is 11.5 Å². The van der Waals surface area contributed by atoms with E-state index in [9.17, 15) is 0 Å². The summed E-state index contributed by atoms with van der Waals surface area (Å²) in [6, 6.07) is 5.44. The van der Waals surface area contributed by atoms with Crippen molar-refractivity contribution >= 4 is 39.5 Å². The second-order valence-corrected chi connectivity index (χ2v) is 4.86. The SMILES string of the molecule is Nc1cc(Sc2ccc(Br)cn2)nc(N)n1. The normalized spacial score (nSPS) is 10.3.